The highest BCUT2D eigenvalue weighted by molar-refractivity contribution is 9.10. The number of esters is 2. The van der Waals surface area contributed by atoms with Gasteiger partial charge in [-0.25, -0.2) is 5.10 Å². The van der Waals surface area contributed by atoms with Gasteiger partial charge in [-0.3, -0.25) is 28.1 Å². The molecular weight excluding hydrogens is 1170 g/mol. The number of anilines is 3. The van der Waals surface area contributed by atoms with Gasteiger partial charge in [0.2, 0.25) is 22.6 Å². The molecule has 12 rings (SSSR count). The number of hydrogen-bond acceptors (Lipinski definition) is 16. The van der Waals surface area contributed by atoms with Gasteiger partial charge >= 0.3 is 17.9 Å². The summed E-state index contributed by atoms with van der Waals surface area (Å²) in [6, 6.07) is 37.7. The van der Waals surface area contributed by atoms with Gasteiger partial charge in [0.15, 0.2) is 10.3 Å². The van der Waals surface area contributed by atoms with E-state index in [1.807, 2.05) is 48.7 Å². The molecule has 3 aliphatic carbocycles. The molecule has 8 N–H and O–H groups in total. The first-order chi connectivity index (χ1) is 39.5. The predicted molar refractivity (Wildman–Crippen MR) is 337 cm³/mol. The molecule has 0 bridgehead atoms. The van der Waals surface area contributed by atoms with E-state index in [0.29, 0.717) is 57.9 Å². The molecule has 0 aliphatic heterocycles. The lowest BCUT2D eigenvalue weighted by Gasteiger charge is -2.21. The molecule has 0 unspecified atom stereocenters. The number of H-pyrrole nitrogens is 1. The highest BCUT2D eigenvalue weighted by atomic mass is 79.9. The van der Waals surface area contributed by atoms with Crippen LogP contribution in [0.3, 0.4) is 0 Å². The van der Waals surface area contributed by atoms with Crippen LogP contribution >= 0.6 is 51.7 Å². The zero-order valence-corrected chi connectivity index (χ0v) is 51.7. The van der Waals surface area contributed by atoms with Crippen molar-refractivity contribution in [3.63, 3.8) is 0 Å². The quantitative estimate of drug-likeness (QED) is 0.0276. The summed E-state index contributed by atoms with van der Waals surface area (Å²) in [5.74, 6) is 1.50. The number of carboxylic acids is 1. The summed E-state index contributed by atoms with van der Waals surface area (Å²) < 4.78 is 13.4. The first kappa shape index (κ1) is 60.3. The first-order valence-electron chi connectivity index (χ1n) is 27.6. The van der Waals surface area contributed by atoms with Crippen LogP contribution in [0, 0.1) is 4.77 Å². The Morgan fingerprint density at radius 2 is 0.904 bits per heavy atom. The van der Waals surface area contributed by atoms with Gasteiger partial charge in [0.05, 0.1) is 30.3 Å². The number of nitrogens with one attached hydrogen (secondary N) is 1. The molecule has 22 heteroatoms. The Balaban J connectivity index is 0.000000141. The molecule has 434 valence electrons. The molecule has 0 radical (unpaired) electrons. The number of nitrogens with zero attached hydrogens (tertiary/aromatic N) is 8. The van der Waals surface area contributed by atoms with Crippen molar-refractivity contribution in [2.45, 2.75) is 136 Å². The summed E-state index contributed by atoms with van der Waals surface area (Å²) in [5, 5.41) is 40.7. The van der Waals surface area contributed by atoms with E-state index < -0.39 is 19.8 Å². The average molecular weight is 1240 g/mol. The van der Waals surface area contributed by atoms with E-state index in [1.54, 1.807) is 50.7 Å². The van der Waals surface area contributed by atoms with E-state index in [0.717, 1.165) is 39.6 Å². The van der Waals surface area contributed by atoms with Gasteiger partial charge in [0, 0.05) is 16.2 Å². The Labute approximate surface area is 503 Å². The molecule has 83 heavy (non-hydrogen) atoms. The zero-order valence-electron chi connectivity index (χ0n) is 47.7. The highest BCUT2D eigenvalue weighted by Gasteiger charge is 2.35. The number of fused-ring (bicyclic) bond motifs is 3. The molecule has 0 amide bonds. The number of benzene rings is 6. The number of nitrogen functional groups attached to an aromatic ring is 3. The van der Waals surface area contributed by atoms with Gasteiger partial charge in [0.25, 0.3) is 0 Å². The number of thioether (sulfide) groups is 2. The number of alkyl halides is 1. The van der Waals surface area contributed by atoms with Gasteiger partial charge in [-0.1, -0.05) is 130 Å². The van der Waals surface area contributed by atoms with Crippen LogP contribution in [-0.4, -0.2) is 94.3 Å². The molecule has 9 aromatic rings. The number of hydrogen-bond donors (Lipinski definition) is 5. The van der Waals surface area contributed by atoms with E-state index in [1.165, 1.54) is 88.5 Å². The van der Waals surface area contributed by atoms with E-state index in [9.17, 15) is 19.5 Å². The smallest absolute Gasteiger partial charge is 0.322 e. The zero-order chi connectivity index (χ0) is 59.5. The maximum atomic E-state index is 12.3. The number of aromatic amines is 1. The SMILES string of the molecule is CC(C)(Sc1nnc(N)n1-c1ccc(C2CC2)c2ccccc12)C(=O)O.CCOC(=O)C(C)(C)Br.CCOC(=O)C(C)(C)Sc1nnc(N)n1-c1ccc(C2CC2)c2ccccc12.Nc1n[nH]c(=S)n1-c1ccc(C2CC2)c2ccccc12. The summed E-state index contributed by atoms with van der Waals surface area (Å²) in [6.07, 6.45) is 7.52. The molecule has 3 aliphatic rings. The Morgan fingerprint density at radius 1 is 0.554 bits per heavy atom. The fourth-order valence-electron chi connectivity index (χ4n) is 9.59. The third kappa shape index (κ3) is 13.6. The van der Waals surface area contributed by atoms with Crippen LogP contribution in [-0.2, 0) is 23.9 Å². The number of aromatic nitrogens is 9. The summed E-state index contributed by atoms with van der Waals surface area (Å²) in [5.41, 5.74) is 25.2. The monoisotopic (exact) mass is 1240 g/mol. The number of ether oxygens (including phenoxy) is 2. The minimum absolute atomic E-state index is 0.218. The Hall–Kier alpha value is -7.27. The number of rotatable bonds is 15. The Kier molecular flexibility index (Phi) is 18.1. The topological polar surface area (TPSA) is 263 Å². The van der Waals surface area contributed by atoms with Gasteiger partial charge in [-0.05, 0) is 175 Å². The van der Waals surface area contributed by atoms with Crippen LogP contribution in [0.2, 0.25) is 0 Å². The lowest BCUT2D eigenvalue weighted by Crippen LogP contribution is -2.30. The molecule has 0 saturated heterocycles. The predicted octanol–water partition coefficient (Wildman–Crippen LogP) is 13.4. The molecule has 3 saturated carbocycles. The summed E-state index contributed by atoms with van der Waals surface area (Å²) in [7, 11) is 0. The van der Waals surface area contributed by atoms with Crippen molar-refractivity contribution in [3.8, 4) is 17.1 Å². The van der Waals surface area contributed by atoms with Crippen molar-refractivity contribution >= 4 is 120 Å². The number of carbonyl (C=O) groups is 3. The summed E-state index contributed by atoms with van der Waals surface area (Å²) in [4.78, 5) is 34.6. The third-order valence-corrected chi connectivity index (χ3v) is 17.2. The number of nitrogens with two attached hydrogens (primary N) is 3. The molecule has 6 aromatic carbocycles. The Bertz CT molecular complexity index is 3930. The first-order valence-corrected chi connectivity index (χ1v) is 30.4. The second-order valence-corrected chi connectivity index (χ2v) is 27.5. The average Bonchev–Trinajstić information content (AvgIpc) is 3.43. The van der Waals surface area contributed by atoms with Crippen LogP contribution < -0.4 is 17.2 Å². The molecule has 3 heterocycles. The van der Waals surface area contributed by atoms with E-state index in [2.05, 4.69) is 125 Å². The lowest BCUT2D eigenvalue weighted by atomic mass is 9.99. The summed E-state index contributed by atoms with van der Waals surface area (Å²) in [6.45, 7) is 14.8. The van der Waals surface area contributed by atoms with Crippen LogP contribution in [0.5, 0.6) is 0 Å². The number of halogens is 1. The second kappa shape index (κ2) is 24.9. The van der Waals surface area contributed by atoms with Crippen molar-refractivity contribution in [1.29, 1.82) is 0 Å². The second-order valence-electron chi connectivity index (χ2n) is 22.0. The van der Waals surface area contributed by atoms with Crippen molar-refractivity contribution in [3.05, 3.63) is 131 Å². The molecular formula is C61H69BrN12O6S3. The van der Waals surface area contributed by atoms with E-state index in [-0.39, 0.29) is 17.9 Å². The van der Waals surface area contributed by atoms with Gasteiger partial charge in [-0.15, -0.1) is 25.5 Å². The number of carboxylic acid groups (broad SMARTS) is 1. The van der Waals surface area contributed by atoms with Crippen LogP contribution in [0.25, 0.3) is 49.4 Å². The largest absolute Gasteiger partial charge is 0.480 e. The molecule has 18 nitrogen and oxygen atoms in total. The minimum Gasteiger partial charge on any atom is -0.480 e. The Morgan fingerprint density at radius 3 is 1.22 bits per heavy atom. The normalized spacial score (nSPS) is 14.2. The van der Waals surface area contributed by atoms with Crippen LogP contribution in [0.4, 0.5) is 17.8 Å². The van der Waals surface area contributed by atoms with Gasteiger partial charge < -0.3 is 31.8 Å². The van der Waals surface area contributed by atoms with Crippen molar-refractivity contribution < 1.29 is 29.0 Å². The minimum atomic E-state index is -1.04. The van der Waals surface area contributed by atoms with E-state index in [4.69, 9.17) is 38.9 Å². The number of aliphatic carboxylic acids is 1. The fourth-order valence-corrected chi connectivity index (χ4v) is 11.8. The van der Waals surface area contributed by atoms with Crippen LogP contribution in [0.15, 0.2) is 120 Å². The van der Waals surface area contributed by atoms with Crippen molar-refractivity contribution in [2.75, 3.05) is 30.4 Å². The summed E-state index contributed by atoms with van der Waals surface area (Å²) >= 11 is 10.9. The van der Waals surface area contributed by atoms with Crippen molar-refractivity contribution in [1.82, 2.24) is 44.3 Å². The van der Waals surface area contributed by atoms with E-state index >= 15 is 0 Å². The maximum absolute atomic E-state index is 12.3. The number of carbonyl (C=O) groups excluding carboxylic acids is 2. The third-order valence-electron chi connectivity index (χ3n) is 14.3. The maximum Gasteiger partial charge on any atom is 0.322 e. The van der Waals surface area contributed by atoms with Crippen molar-refractivity contribution in [2.24, 2.45) is 0 Å². The molecule has 3 fully saturated rings. The lowest BCUT2D eigenvalue weighted by molar-refractivity contribution is -0.145. The van der Waals surface area contributed by atoms with Gasteiger partial charge in [0.1, 0.15) is 13.8 Å². The molecule has 0 atom stereocenters. The van der Waals surface area contributed by atoms with Crippen LogP contribution in [0.1, 0.15) is 128 Å². The van der Waals surface area contributed by atoms with Gasteiger partial charge in [-0.2, -0.15) is 0 Å². The molecule has 3 aromatic heterocycles. The highest BCUT2D eigenvalue weighted by Crippen LogP contribution is 2.47. The fraction of sp³-hybridized carbons (Fsp3) is 0.361. The standard InChI is InChI=1S/C21H24N4O2S.C19H20N4O2S.C15H14N4S.C6H11BrO2/c1-4-27-18(26)21(2,3)28-20-24-23-19(22)25(20)17-12-11-14(13-9-10-13)15-7-5-6-8-16(15)17;1-19(2,16(24)25)26-18-22-21-17(20)23(18)15-10-9-12(11-7-8-11)13-5-3-4-6-14(13)15;16-14-17-18-15(20)19(14)13-8-7-10(9-5-6-9)11-3-1-2-4-12(11)13;1-4-9-5(8)6(2,3)7/h5-8,11-13H,4,9-10H2,1-3H3,(H2,22,23);3-6,9-11H,7-8H2,1-2H3,(H2,20,21)(H,24,25);1-4,7-9H,5-6H2,(H2,16,17)(H,18,20);4H2,1-3H3. The molecule has 0 spiro atoms.